The van der Waals surface area contributed by atoms with Gasteiger partial charge >= 0.3 is 0 Å². The number of hydrogen-bond acceptors (Lipinski definition) is 3. The van der Waals surface area contributed by atoms with Crippen molar-refractivity contribution in [3.05, 3.63) is 42.1 Å². The second-order valence-corrected chi connectivity index (χ2v) is 5.20. The summed E-state index contributed by atoms with van der Waals surface area (Å²) in [6.45, 7) is 3.84. The van der Waals surface area contributed by atoms with Gasteiger partial charge < -0.3 is 0 Å². The van der Waals surface area contributed by atoms with E-state index in [0.717, 1.165) is 10.9 Å². The van der Waals surface area contributed by atoms with Crippen LogP contribution in [0.1, 0.15) is 24.2 Å². The van der Waals surface area contributed by atoms with Crippen molar-refractivity contribution in [2.75, 3.05) is 14.1 Å². The minimum absolute atomic E-state index is 0.0887. The SMILES string of the molecule is CN(C)C(C)(C)C(=O)c1cnc2ccccc2c1. The lowest BCUT2D eigenvalue weighted by Gasteiger charge is -2.30. The highest BCUT2D eigenvalue weighted by molar-refractivity contribution is 6.04. The van der Waals surface area contributed by atoms with Crippen molar-refractivity contribution in [1.29, 1.82) is 0 Å². The van der Waals surface area contributed by atoms with Crippen LogP contribution in [0.15, 0.2) is 36.5 Å². The molecule has 2 aromatic rings. The number of Topliss-reactive ketones (excluding diaryl/α,β-unsaturated/α-hetero) is 1. The van der Waals surface area contributed by atoms with E-state index in [4.69, 9.17) is 0 Å². The minimum atomic E-state index is -0.524. The highest BCUT2D eigenvalue weighted by atomic mass is 16.1. The molecule has 0 unspecified atom stereocenters. The minimum Gasteiger partial charge on any atom is -0.297 e. The second kappa shape index (κ2) is 4.50. The molecule has 18 heavy (non-hydrogen) atoms. The molecular weight excluding hydrogens is 224 g/mol. The third-order valence-electron chi connectivity index (χ3n) is 3.53. The maximum absolute atomic E-state index is 12.5. The number of fused-ring (bicyclic) bond motifs is 1. The third kappa shape index (κ3) is 2.14. The van der Waals surface area contributed by atoms with Gasteiger partial charge in [-0.25, -0.2) is 0 Å². The molecule has 0 aliphatic rings. The van der Waals surface area contributed by atoms with Crippen LogP contribution in [0.2, 0.25) is 0 Å². The lowest BCUT2D eigenvalue weighted by atomic mass is 9.92. The van der Waals surface area contributed by atoms with E-state index in [0.29, 0.717) is 5.56 Å². The van der Waals surface area contributed by atoms with Gasteiger partial charge in [0.05, 0.1) is 11.1 Å². The highest BCUT2D eigenvalue weighted by Gasteiger charge is 2.30. The zero-order chi connectivity index (χ0) is 13.3. The standard InChI is InChI=1S/C15H18N2O/c1-15(2,17(3)4)14(18)12-9-11-7-5-6-8-13(11)16-10-12/h5-10H,1-4H3. The van der Waals surface area contributed by atoms with Crippen LogP contribution in [0.4, 0.5) is 0 Å². The molecule has 0 aliphatic heterocycles. The predicted octanol–water partition coefficient (Wildman–Crippen LogP) is 2.76. The van der Waals surface area contributed by atoms with Crippen LogP contribution in [0.25, 0.3) is 10.9 Å². The van der Waals surface area contributed by atoms with Crippen LogP contribution in [0, 0.1) is 0 Å². The molecule has 94 valence electrons. The van der Waals surface area contributed by atoms with Crippen molar-refractivity contribution in [2.45, 2.75) is 19.4 Å². The van der Waals surface area contributed by atoms with Gasteiger partial charge in [0.2, 0.25) is 0 Å². The van der Waals surface area contributed by atoms with Gasteiger partial charge in [0.15, 0.2) is 5.78 Å². The molecule has 0 bridgehead atoms. The fourth-order valence-electron chi connectivity index (χ4n) is 1.75. The molecule has 0 spiro atoms. The Morgan fingerprint density at radius 3 is 2.56 bits per heavy atom. The van der Waals surface area contributed by atoms with Crippen LogP contribution in [-0.4, -0.2) is 35.3 Å². The van der Waals surface area contributed by atoms with Crippen LogP contribution in [0.3, 0.4) is 0 Å². The van der Waals surface area contributed by atoms with Crippen LogP contribution >= 0.6 is 0 Å². The van der Waals surface area contributed by atoms with E-state index in [2.05, 4.69) is 4.98 Å². The number of para-hydroxylation sites is 1. The first kappa shape index (κ1) is 12.7. The molecule has 3 nitrogen and oxygen atoms in total. The molecule has 0 radical (unpaired) electrons. The predicted molar refractivity (Wildman–Crippen MR) is 73.8 cm³/mol. The number of carbonyl (C=O) groups excluding carboxylic acids is 1. The van der Waals surface area contributed by atoms with Crippen molar-refractivity contribution < 1.29 is 4.79 Å². The fraction of sp³-hybridized carbons (Fsp3) is 0.333. The maximum Gasteiger partial charge on any atom is 0.184 e. The molecule has 0 saturated carbocycles. The first-order valence-electron chi connectivity index (χ1n) is 6.00. The summed E-state index contributed by atoms with van der Waals surface area (Å²) >= 11 is 0. The summed E-state index contributed by atoms with van der Waals surface area (Å²) in [5.41, 5.74) is 1.05. The summed E-state index contributed by atoms with van der Waals surface area (Å²) in [5.74, 6) is 0.0887. The number of benzene rings is 1. The number of ketones is 1. The van der Waals surface area contributed by atoms with Gasteiger partial charge in [0, 0.05) is 17.1 Å². The van der Waals surface area contributed by atoms with E-state index < -0.39 is 5.54 Å². The molecule has 0 saturated heterocycles. The Bertz CT molecular complexity index is 588. The molecule has 0 N–H and O–H groups in total. The Labute approximate surface area is 107 Å². The zero-order valence-electron chi connectivity index (χ0n) is 11.3. The summed E-state index contributed by atoms with van der Waals surface area (Å²) < 4.78 is 0. The van der Waals surface area contributed by atoms with Gasteiger partial charge in [-0.3, -0.25) is 14.7 Å². The largest absolute Gasteiger partial charge is 0.297 e. The average molecular weight is 242 g/mol. The van der Waals surface area contributed by atoms with Gasteiger partial charge in [0.25, 0.3) is 0 Å². The first-order chi connectivity index (χ1) is 8.43. The number of aromatic nitrogens is 1. The van der Waals surface area contributed by atoms with Crippen molar-refractivity contribution in [1.82, 2.24) is 9.88 Å². The quantitative estimate of drug-likeness (QED) is 0.776. The van der Waals surface area contributed by atoms with Crippen molar-refractivity contribution >= 4 is 16.7 Å². The monoisotopic (exact) mass is 242 g/mol. The number of hydrogen-bond donors (Lipinski definition) is 0. The van der Waals surface area contributed by atoms with E-state index in [1.807, 2.05) is 63.2 Å². The summed E-state index contributed by atoms with van der Waals surface area (Å²) in [5, 5.41) is 0.998. The number of rotatable bonds is 3. The zero-order valence-corrected chi connectivity index (χ0v) is 11.3. The van der Waals surface area contributed by atoms with Gasteiger partial charge in [0.1, 0.15) is 0 Å². The fourth-order valence-corrected chi connectivity index (χ4v) is 1.75. The van der Waals surface area contributed by atoms with Gasteiger partial charge in [-0.1, -0.05) is 18.2 Å². The maximum atomic E-state index is 12.5. The smallest absolute Gasteiger partial charge is 0.184 e. The van der Waals surface area contributed by atoms with Crippen molar-refractivity contribution in [2.24, 2.45) is 0 Å². The number of nitrogens with zero attached hydrogens (tertiary/aromatic N) is 2. The molecule has 3 heteroatoms. The lowest BCUT2D eigenvalue weighted by Crippen LogP contribution is -2.45. The Morgan fingerprint density at radius 2 is 1.89 bits per heavy atom. The van der Waals surface area contributed by atoms with Crippen LogP contribution in [0.5, 0.6) is 0 Å². The third-order valence-corrected chi connectivity index (χ3v) is 3.53. The Kier molecular flexibility index (Phi) is 3.18. The van der Waals surface area contributed by atoms with E-state index >= 15 is 0 Å². The molecule has 2 rings (SSSR count). The van der Waals surface area contributed by atoms with Gasteiger partial charge in [-0.15, -0.1) is 0 Å². The van der Waals surface area contributed by atoms with Gasteiger partial charge in [-0.2, -0.15) is 0 Å². The summed E-state index contributed by atoms with van der Waals surface area (Å²) in [4.78, 5) is 18.7. The molecule has 1 aromatic carbocycles. The summed E-state index contributed by atoms with van der Waals surface area (Å²) in [6, 6.07) is 9.73. The van der Waals surface area contributed by atoms with Gasteiger partial charge in [-0.05, 0) is 40.1 Å². The number of likely N-dealkylation sites (N-methyl/N-ethyl adjacent to an activating group) is 1. The van der Waals surface area contributed by atoms with E-state index in [9.17, 15) is 4.79 Å². The molecule has 0 aliphatic carbocycles. The average Bonchev–Trinajstić information content (AvgIpc) is 2.37. The molecule has 1 heterocycles. The first-order valence-corrected chi connectivity index (χ1v) is 6.00. The lowest BCUT2D eigenvalue weighted by molar-refractivity contribution is 0.0755. The van der Waals surface area contributed by atoms with E-state index in [1.54, 1.807) is 6.20 Å². The summed E-state index contributed by atoms with van der Waals surface area (Å²) in [7, 11) is 3.82. The molecular formula is C15H18N2O. The molecule has 0 amide bonds. The number of carbonyl (C=O) groups is 1. The van der Waals surface area contributed by atoms with Crippen molar-refractivity contribution in [3.8, 4) is 0 Å². The van der Waals surface area contributed by atoms with Crippen molar-refractivity contribution in [3.63, 3.8) is 0 Å². The highest BCUT2D eigenvalue weighted by Crippen LogP contribution is 2.20. The Balaban J connectivity index is 2.46. The molecule has 0 atom stereocenters. The van der Waals surface area contributed by atoms with E-state index in [1.165, 1.54) is 0 Å². The Hall–Kier alpha value is -1.74. The van der Waals surface area contributed by atoms with Crippen LogP contribution in [-0.2, 0) is 0 Å². The Morgan fingerprint density at radius 1 is 1.22 bits per heavy atom. The normalized spacial score (nSPS) is 12.1. The second-order valence-electron chi connectivity index (χ2n) is 5.20. The van der Waals surface area contributed by atoms with Crippen LogP contribution < -0.4 is 0 Å². The number of pyridine rings is 1. The van der Waals surface area contributed by atoms with E-state index in [-0.39, 0.29) is 5.78 Å². The molecule has 0 fully saturated rings. The summed E-state index contributed by atoms with van der Waals surface area (Å²) in [6.07, 6.45) is 1.66. The molecule has 1 aromatic heterocycles. The topological polar surface area (TPSA) is 33.2 Å².